The largest absolute Gasteiger partial charge is 0.497 e. The molecular weight excluding hydrogens is 410 g/mol. The first kappa shape index (κ1) is 23.8. The standard InChI is InChI=1S/C24H33N3O5/c1-26(11-12-31-2)22(28)16-27(15-17-7-5-4-6-8-17)24(30)23(29)20-14-25-21-13-18(32-3)9-10-19(20)21/h9-10,13-14,17,25H,4-8,11-12,15-16H2,1-3H3. The van der Waals surface area contributed by atoms with Gasteiger partial charge in [-0.05, 0) is 30.9 Å². The molecular formula is C24H33N3O5. The molecule has 1 aromatic heterocycles. The van der Waals surface area contributed by atoms with Gasteiger partial charge in [-0.1, -0.05) is 19.3 Å². The quantitative estimate of drug-likeness (QED) is 0.450. The van der Waals surface area contributed by atoms with E-state index < -0.39 is 11.7 Å². The maximum absolute atomic E-state index is 13.3. The van der Waals surface area contributed by atoms with E-state index in [1.165, 1.54) is 16.2 Å². The SMILES string of the molecule is COCCN(C)C(=O)CN(CC1CCCCC1)C(=O)C(=O)c1c[nH]c2cc(OC)ccc12. The normalized spacial score (nSPS) is 14.3. The Labute approximate surface area is 188 Å². The van der Waals surface area contributed by atoms with Crippen molar-refractivity contribution < 1.29 is 23.9 Å². The van der Waals surface area contributed by atoms with Gasteiger partial charge in [-0.15, -0.1) is 0 Å². The summed E-state index contributed by atoms with van der Waals surface area (Å²) in [5.41, 5.74) is 1.02. The number of nitrogens with one attached hydrogen (secondary N) is 1. The fourth-order valence-corrected chi connectivity index (χ4v) is 4.22. The van der Waals surface area contributed by atoms with Gasteiger partial charge in [0.25, 0.3) is 11.7 Å². The number of ketones is 1. The number of hydrogen-bond acceptors (Lipinski definition) is 5. The average molecular weight is 444 g/mol. The number of hydrogen-bond donors (Lipinski definition) is 1. The summed E-state index contributed by atoms with van der Waals surface area (Å²) in [5.74, 6) is -0.480. The molecule has 2 amide bonds. The van der Waals surface area contributed by atoms with Gasteiger partial charge in [0, 0.05) is 50.4 Å². The van der Waals surface area contributed by atoms with E-state index in [2.05, 4.69) is 4.98 Å². The fraction of sp³-hybridized carbons (Fsp3) is 0.542. The number of carbonyl (C=O) groups excluding carboxylic acids is 3. The van der Waals surface area contributed by atoms with Crippen LogP contribution < -0.4 is 4.74 Å². The highest BCUT2D eigenvalue weighted by molar-refractivity contribution is 6.45. The third-order valence-corrected chi connectivity index (χ3v) is 6.20. The summed E-state index contributed by atoms with van der Waals surface area (Å²) in [4.78, 5) is 45.2. The van der Waals surface area contributed by atoms with Gasteiger partial charge in [0.1, 0.15) is 12.3 Å². The van der Waals surface area contributed by atoms with Gasteiger partial charge in [0.2, 0.25) is 5.91 Å². The molecule has 32 heavy (non-hydrogen) atoms. The van der Waals surface area contributed by atoms with Crippen LogP contribution >= 0.6 is 0 Å². The number of likely N-dealkylation sites (N-methyl/N-ethyl adjacent to an activating group) is 1. The van der Waals surface area contributed by atoms with E-state index in [1.807, 2.05) is 0 Å². The van der Waals surface area contributed by atoms with Crippen LogP contribution in [0, 0.1) is 5.92 Å². The van der Waals surface area contributed by atoms with Crippen LogP contribution in [0.1, 0.15) is 42.5 Å². The van der Waals surface area contributed by atoms with Crippen molar-refractivity contribution in [3.8, 4) is 5.75 Å². The lowest BCUT2D eigenvalue weighted by molar-refractivity contribution is -0.138. The first-order valence-corrected chi connectivity index (χ1v) is 11.2. The summed E-state index contributed by atoms with van der Waals surface area (Å²) in [6.45, 7) is 1.15. The molecule has 0 bridgehead atoms. The summed E-state index contributed by atoms with van der Waals surface area (Å²) in [6.07, 6.45) is 7.01. The number of amides is 2. The summed E-state index contributed by atoms with van der Waals surface area (Å²) >= 11 is 0. The van der Waals surface area contributed by atoms with Crippen LogP contribution in [0.3, 0.4) is 0 Å². The molecule has 1 heterocycles. The second kappa shape index (κ2) is 11.1. The molecule has 0 unspecified atom stereocenters. The molecule has 0 atom stereocenters. The zero-order valence-corrected chi connectivity index (χ0v) is 19.2. The highest BCUT2D eigenvalue weighted by Crippen LogP contribution is 2.26. The van der Waals surface area contributed by atoms with Crippen molar-refractivity contribution in [3.63, 3.8) is 0 Å². The number of fused-ring (bicyclic) bond motifs is 1. The second-order valence-corrected chi connectivity index (χ2v) is 8.44. The smallest absolute Gasteiger partial charge is 0.295 e. The van der Waals surface area contributed by atoms with E-state index in [1.54, 1.807) is 45.7 Å². The van der Waals surface area contributed by atoms with Crippen molar-refractivity contribution in [1.29, 1.82) is 0 Å². The molecule has 8 nitrogen and oxygen atoms in total. The number of aromatic amines is 1. The summed E-state index contributed by atoms with van der Waals surface area (Å²) < 4.78 is 10.3. The van der Waals surface area contributed by atoms with Crippen molar-refractivity contribution in [2.45, 2.75) is 32.1 Å². The van der Waals surface area contributed by atoms with Gasteiger partial charge < -0.3 is 24.3 Å². The molecule has 1 aliphatic carbocycles. The summed E-state index contributed by atoms with van der Waals surface area (Å²) in [7, 11) is 4.83. The number of H-pyrrole nitrogens is 1. The Bertz CT molecular complexity index is 948. The molecule has 0 spiro atoms. The third kappa shape index (κ3) is 5.68. The molecule has 1 saturated carbocycles. The monoisotopic (exact) mass is 443 g/mol. The number of ether oxygens (including phenoxy) is 2. The number of benzene rings is 1. The van der Waals surface area contributed by atoms with Gasteiger partial charge in [-0.2, -0.15) is 0 Å². The van der Waals surface area contributed by atoms with E-state index in [0.717, 1.165) is 31.2 Å². The lowest BCUT2D eigenvalue weighted by atomic mass is 9.89. The first-order chi connectivity index (χ1) is 15.4. The van der Waals surface area contributed by atoms with E-state index in [4.69, 9.17) is 9.47 Å². The Balaban J connectivity index is 1.80. The van der Waals surface area contributed by atoms with Crippen LogP contribution in [0.15, 0.2) is 24.4 Å². The van der Waals surface area contributed by atoms with Gasteiger partial charge in [-0.25, -0.2) is 0 Å². The van der Waals surface area contributed by atoms with E-state index in [-0.39, 0.29) is 12.5 Å². The first-order valence-electron chi connectivity index (χ1n) is 11.2. The molecule has 0 radical (unpaired) electrons. The molecule has 1 aliphatic rings. The van der Waals surface area contributed by atoms with Gasteiger partial charge in [0.05, 0.1) is 19.3 Å². The van der Waals surface area contributed by atoms with E-state index in [0.29, 0.717) is 42.3 Å². The van der Waals surface area contributed by atoms with E-state index in [9.17, 15) is 14.4 Å². The number of methoxy groups -OCH3 is 2. The lowest BCUT2D eigenvalue weighted by Crippen LogP contribution is -2.46. The molecule has 1 N–H and O–H groups in total. The van der Waals surface area contributed by atoms with Crippen molar-refractivity contribution in [1.82, 2.24) is 14.8 Å². The third-order valence-electron chi connectivity index (χ3n) is 6.20. The minimum Gasteiger partial charge on any atom is -0.497 e. The minimum atomic E-state index is -0.638. The molecule has 8 heteroatoms. The van der Waals surface area contributed by atoms with Crippen molar-refractivity contribution in [2.24, 2.45) is 5.92 Å². The van der Waals surface area contributed by atoms with Crippen LogP contribution in [0.2, 0.25) is 0 Å². The second-order valence-electron chi connectivity index (χ2n) is 8.44. The number of nitrogens with zero attached hydrogens (tertiary/aromatic N) is 2. The molecule has 1 fully saturated rings. The molecule has 0 aliphatic heterocycles. The van der Waals surface area contributed by atoms with Crippen molar-refractivity contribution in [2.75, 3.05) is 47.5 Å². The highest BCUT2D eigenvalue weighted by Gasteiger charge is 2.30. The molecule has 174 valence electrons. The van der Waals surface area contributed by atoms with Gasteiger partial charge in [-0.3, -0.25) is 14.4 Å². The Morgan fingerprint density at radius 1 is 1.12 bits per heavy atom. The summed E-state index contributed by atoms with van der Waals surface area (Å²) in [6, 6.07) is 5.30. The van der Waals surface area contributed by atoms with Crippen LogP contribution in [0.5, 0.6) is 5.75 Å². The molecule has 0 saturated heterocycles. The topological polar surface area (TPSA) is 91.9 Å². The average Bonchev–Trinajstić information content (AvgIpc) is 3.24. The maximum atomic E-state index is 13.3. The predicted octanol–water partition coefficient (Wildman–Crippen LogP) is 2.87. The Morgan fingerprint density at radius 2 is 1.88 bits per heavy atom. The maximum Gasteiger partial charge on any atom is 0.295 e. The zero-order chi connectivity index (χ0) is 23.1. The lowest BCUT2D eigenvalue weighted by Gasteiger charge is -2.30. The molecule has 2 aromatic rings. The zero-order valence-electron chi connectivity index (χ0n) is 19.2. The van der Waals surface area contributed by atoms with Crippen molar-refractivity contribution >= 4 is 28.5 Å². The van der Waals surface area contributed by atoms with E-state index >= 15 is 0 Å². The minimum absolute atomic E-state index is 0.114. The van der Waals surface area contributed by atoms with Crippen LogP contribution in [-0.2, 0) is 14.3 Å². The van der Waals surface area contributed by atoms with Crippen LogP contribution in [0.25, 0.3) is 10.9 Å². The number of Topliss-reactive ketones (excluding diaryl/α,β-unsaturated/α-hetero) is 1. The van der Waals surface area contributed by atoms with Crippen molar-refractivity contribution in [3.05, 3.63) is 30.0 Å². The number of aromatic nitrogens is 1. The Kier molecular flexibility index (Phi) is 8.27. The fourth-order valence-electron chi connectivity index (χ4n) is 4.22. The molecule has 1 aromatic carbocycles. The number of carbonyl (C=O) groups is 3. The Hall–Kier alpha value is -2.87. The predicted molar refractivity (Wildman–Crippen MR) is 122 cm³/mol. The molecule has 3 rings (SSSR count). The van der Waals surface area contributed by atoms with Gasteiger partial charge in [0.15, 0.2) is 0 Å². The van der Waals surface area contributed by atoms with Gasteiger partial charge >= 0.3 is 0 Å². The number of rotatable bonds is 10. The Morgan fingerprint density at radius 3 is 2.56 bits per heavy atom. The highest BCUT2D eigenvalue weighted by atomic mass is 16.5. The summed E-state index contributed by atoms with van der Waals surface area (Å²) in [5, 5.41) is 0.658. The van der Waals surface area contributed by atoms with Crippen LogP contribution in [0.4, 0.5) is 0 Å². The van der Waals surface area contributed by atoms with Crippen LogP contribution in [-0.4, -0.2) is 79.9 Å².